The van der Waals surface area contributed by atoms with E-state index in [1.807, 2.05) is 4.90 Å². The summed E-state index contributed by atoms with van der Waals surface area (Å²) in [5.41, 5.74) is 0. The minimum atomic E-state index is -3.51. The van der Waals surface area contributed by atoms with Crippen molar-refractivity contribution in [3.8, 4) is 0 Å². The van der Waals surface area contributed by atoms with Crippen LogP contribution in [0, 0.1) is 5.92 Å². The topological polar surface area (TPSA) is 60.9 Å². The molecule has 3 rings (SSSR count). The highest BCUT2D eigenvalue weighted by atomic mass is 32.2. The molecule has 2 saturated heterocycles. The maximum atomic E-state index is 12.8. The fraction of sp³-hybridized carbons (Fsp3) is 0.588. The summed E-state index contributed by atoms with van der Waals surface area (Å²) >= 11 is 0. The Morgan fingerprint density at radius 1 is 1.04 bits per heavy atom. The quantitative estimate of drug-likeness (QED) is 0.810. The molecule has 2 heterocycles. The van der Waals surface area contributed by atoms with Gasteiger partial charge >= 0.3 is 0 Å². The van der Waals surface area contributed by atoms with Gasteiger partial charge in [-0.25, -0.2) is 8.42 Å². The van der Waals surface area contributed by atoms with Crippen molar-refractivity contribution in [1.82, 2.24) is 14.1 Å². The van der Waals surface area contributed by atoms with Crippen molar-refractivity contribution < 1.29 is 13.2 Å². The monoisotopic (exact) mass is 351 g/mol. The van der Waals surface area contributed by atoms with Gasteiger partial charge in [0.25, 0.3) is 0 Å². The van der Waals surface area contributed by atoms with Crippen molar-refractivity contribution in [2.45, 2.75) is 17.7 Å². The number of benzene rings is 1. The molecular formula is C17H25N3O3S. The molecular weight excluding hydrogens is 326 g/mol. The highest BCUT2D eigenvalue weighted by Crippen LogP contribution is 2.25. The maximum absolute atomic E-state index is 12.8. The number of amides is 1. The number of likely N-dealkylation sites (N-methyl/N-ethyl adjacent to an activating group) is 1. The Morgan fingerprint density at radius 3 is 2.38 bits per heavy atom. The van der Waals surface area contributed by atoms with Crippen molar-refractivity contribution >= 4 is 15.9 Å². The molecule has 0 saturated carbocycles. The Bertz CT molecular complexity index is 670. The summed E-state index contributed by atoms with van der Waals surface area (Å²) in [5, 5.41) is 0. The molecule has 0 aliphatic carbocycles. The normalized spacial score (nSPS) is 24.0. The molecule has 1 aromatic carbocycles. The Balaban J connectivity index is 1.69. The van der Waals surface area contributed by atoms with Crippen molar-refractivity contribution in [1.29, 1.82) is 0 Å². The molecule has 0 bridgehead atoms. The largest absolute Gasteiger partial charge is 0.340 e. The summed E-state index contributed by atoms with van der Waals surface area (Å²) in [6.45, 7) is 4.01. The van der Waals surface area contributed by atoms with Gasteiger partial charge in [-0.15, -0.1) is 0 Å². The van der Waals surface area contributed by atoms with E-state index in [2.05, 4.69) is 11.9 Å². The molecule has 2 aliphatic rings. The standard InChI is InChI=1S/C17H25N3O3S/c1-18-10-12-19(13-11-18)17(21)15-6-5-9-20(14-15)24(22,23)16-7-3-2-4-8-16/h2-4,7-8,15H,5-6,9-14H2,1H3/t15-/m1/s1. The first-order chi connectivity index (χ1) is 11.5. The molecule has 2 aliphatic heterocycles. The van der Waals surface area contributed by atoms with Crippen LogP contribution in [0.2, 0.25) is 0 Å². The van der Waals surface area contributed by atoms with Gasteiger partial charge in [-0.05, 0) is 32.0 Å². The molecule has 132 valence electrons. The van der Waals surface area contributed by atoms with E-state index in [9.17, 15) is 13.2 Å². The summed E-state index contributed by atoms with van der Waals surface area (Å²) in [7, 11) is -1.46. The van der Waals surface area contributed by atoms with Crippen LogP contribution in [0.5, 0.6) is 0 Å². The number of hydrogen-bond acceptors (Lipinski definition) is 4. The number of hydrogen-bond donors (Lipinski definition) is 0. The minimum absolute atomic E-state index is 0.107. The number of carbonyl (C=O) groups excluding carboxylic acids is 1. The minimum Gasteiger partial charge on any atom is -0.340 e. The Morgan fingerprint density at radius 2 is 1.71 bits per heavy atom. The van der Waals surface area contributed by atoms with Crippen LogP contribution in [0.3, 0.4) is 0 Å². The van der Waals surface area contributed by atoms with E-state index in [0.717, 1.165) is 39.0 Å². The molecule has 24 heavy (non-hydrogen) atoms. The molecule has 1 aromatic rings. The first-order valence-electron chi connectivity index (χ1n) is 8.51. The molecule has 0 spiro atoms. The van der Waals surface area contributed by atoms with Crippen molar-refractivity contribution in [3.63, 3.8) is 0 Å². The number of sulfonamides is 1. The second kappa shape index (κ2) is 7.21. The first-order valence-corrected chi connectivity index (χ1v) is 9.95. The Labute approximate surface area is 144 Å². The van der Waals surface area contributed by atoms with Gasteiger partial charge in [0, 0.05) is 39.3 Å². The van der Waals surface area contributed by atoms with Crippen molar-refractivity contribution in [2.24, 2.45) is 5.92 Å². The highest BCUT2D eigenvalue weighted by molar-refractivity contribution is 7.89. The fourth-order valence-electron chi connectivity index (χ4n) is 3.39. The number of nitrogens with zero attached hydrogens (tertiary/aromatic N) is 3. The summed E-state index contributed by atoms with van der Waals surface area (Å²) in [6, 6.07) is 8.48. The molecule has 0 unspecified atom stereocenters. The predicted molar refractivity (Wildman–Crippen MR) is 92.0 cm³/mol. The van der Waals surface area contributed by atoms with Gasteiger partial charge in [-0.3, -0.25) is 4.79 Å². The van der Waals surface area contributed by atoms with Crippen LogP contribution in [0.25, 0.3) is 0 Å². The van der Waals surface area contributed by atoms with Gasteiger partial charge in [0.05, 0.1) is 10.8 Å². The second-order valence-electron chi connectivity index (χ2n) is 6.64. The van der Waals surface area contributed by atoms with Crippen molar-refractivity contribution in [2.75, 3.05) is 46.3 Å². The summed E-state index contributed by atoms with van der Waals surface area (Å²) in [5.74, 6) is -0.114. The SMILES string of the molecule is CN1CCN(C(=O)[C@@H]2CCCN(S(=O)(=O)c3ccccc3)C2)CC1. The van der Waals surface area contributed by atoms with Gasteiger partial charge in [-0.2, -0.15) is 4.31 Å². The molecule has 0 radical (unpaired) electrons. The zero-order valence-electron chi connectivity index (χ0n) is 14.1. The van der Waals surface area contributed by atoms with E-state index >= 15 is 0 Å². The van der Waals surface area contributed by atoms with E-state index in [0.29, 0.717) is 18.0 Å². The third-order valence-corrected chi connectivity index (χ3v) is 6.81. The van der Waals surface area contributed by atoms with Gasteiger partial charge in [0.2, 0.25) is 15.9 Å². The third-order valence-electron chi connectivity index (χ3n) is 4.93. The van der Waals surface area contributed by atoms with Crippen LogP contribution in [-0.2, 0) is 14.8 Å². The Kier molecular flexibility index (Phi) is 5.22. The maximum Gasteiger partial charge on any atom is 0.243 e. The van der Waals surface area contributed by atoms with Gasteiger partial charge in [-0.1, -0.05) is 18.2 Å². The molecule has 6 nitrogen and oxygen atoms in total. The molecule has 1 atom stereocenters. The number of piperidine rings is 1. The fourth-order valence-corrected chi connectivity index (χ4v) is 4.93. The second-order valence-corrected chi connectivity index (χ2v) is 8.58. The van der Waals surface area contributed by atoms with E-state index in [1.165, 1.54) is 4.31 Å². The van der Waals surface area contributed by atoms with Crippen LogP contribution in [-0.4, -0.2) is 74.7 Å². The lowest BCUT2D eigenvalue weighted by Crippen LogP contribution is -2.52. The lowest BCUT2D eigenvalue weighted by Gasteiger charge is -2.37. The summed E-state index contributed by atoms with van der Waals surface area (Å²) in [4.78, 5) is 17.2. The lowest BCUT2D eigenvalue weighted by atomic mass is 9.98. The van der Waals surface area contributed by atoms with Gasteiger partial charge in [0.1, 0.15) is 0 Å². The van der Waals surface area contributed by atoms with Gasteiger partial charge in [0.15, 0.2) is 0 Å². The molecule has 1 amide bonds. The number of carbonyl (C=O) groups is 1. The zero-order valence-corrected chi connectivity index (χ0v) is 14.9. The average molecular weight is 351 g/mol. The smallest absolute Gasteiger partial charge is 0.243 e. The summed E-state index contributed by atoms with van der Waals surface area (Å²) in [6.07, 6.45) is 1.50. The van der Waals surface area contributed by atoms with Crippen LogP contribution in [0.1, 0.15) is 12.8 Å². The van der Waals surface area contributed by atoms with Crippen molar-refractivity contribution in [3.05, 3.63) is 30.3 Å². The first kappa shape index (κ1) is 17.4. The van der Waals surface area contributed by atoms with Crippen LogP contribution in [0.15, 0.2) is 35.2 Å². The molecule has 7 heteroatoms. The van der Waals surface area contributed by atoms with Gasteiger partial charge < -0.3 is 9.80 Å². The van der Waals surface area contributed by atoms with E-state index < -0.39 is 10.0 Å². The molecule has 0 aromatic heterocycles. The summed E-state index contributed by atoms with van der Waals surface area (Å²) < 4.78 is 27.0. The molecule has 0 N–H and O–H groups in total. The lowest BCUT2D eigenvalue weighted by molar-refractivity contribution is -0.138. The molecule has 2 fully saturated rings. The number of piperazine rings is 1. The third kappa shape index (κ3) is 3.63. The van der Waals surface area contributed by atoms with E-state index in [4.69, 9.17) is 0 Å². The Hall–Kier alpha value is -1.44. The number of rotatable bonds is 3. The average Bonchev–Trinajstić information content (AvgIpc) is 2.62. The van der Waals surface area contributed by atoms with Crippen LogP contribution >= 0.6 is 0 Å². The zero-order chi connectivity index (χ0) is 17.2. The predicted octanol–water partition coefficient (Wildman–Crippen LogP) is 0.861. The van der Waals surface area contributed by atoms with E-state index in [-0.39, 0.29) is 11.8 Å². The van der Waals surface area contributed by atoms with Crippen LogP contribution < -0.4 is 0 Å². The van der Waals surface area contributed by atoms with Crippen LogP contribution in [0.4, 0.5) is 0 Å². The van der Waals surface area contributed by atoms with E-state index in [1.54, 1.807) is 30.3 Å². The highest BCUT2D eigenvalue weighted by Gasteiger charge is 2.35.